The summed E-state index contributed by atoms with van der Waals surface area (Å²) in [7, 11) is 3.73. The molecule has 1 N–H and O–H groups in total. The molecule has 90 valence electrons. The molecular formula is C13H20BrNO. The number of hydrogen-bond donors (Lipinski definition) is 1. The molecule has 1 atom stereocenters. The largest absolute Gasteiger partial charge is 0.496 e. The maximum atomic E-state index is 5.35. The number of ether oxygens (including phenoxy) is 1. The molecule has 1 rings (SSSR count). The van der Waals surface area contributed by atoms with Gasteiger partial charge >= 0.3 is 0 Å². The van der Waals surface area contributed by atoms with E-state index in [9.17, 15) is 0 Å². The van der Waals surface area contributed by atoms with Crippen molar-refractivity contribution in [3.8, 4) is 5.75 Å². The summed E-state index contributed by atoms with van der Waals surface area (Å²) in [6.07, 6.45) is 3.43. The molecule has 0 aromatic heterocycles. The van der Waals surface area contributed by atoms with Gasteiger partial charge in [0.15, 0.2) is 0 Å². The van der Waals surface area contributed by atoms with Crippen LogP contribution in [-0.4, -0.2) is 20.2 Å². The average Bonchev–Trinajstić information content (AvgIpc) is 2.29. The summed E-state index contributed by atoms with van der Waals surface area (Å²) in [6, 6.07) is 6.75. The topological polar surface area (TPSA) is 21.3 Å². The molecule has 0 saturated carbocycles. The van der Waals surface area contributed by atoms with Crippen molar-refractivity contribution < 1.29 is 4.74 Å². The first-order valence-corrected chi connectivity index (χ1v) is 6.46. The van der Waals surface area contributed by atoms with Gasteiger partial charge in [-0.3, -0.25) is 0 Å². The second-order valence-corrected chi connectivity index (χ2v) is 4.95. The lowest BCUT2D eigenvalue weighted by molar-refractivity contribution is 0.408. The van der Waals surface area contributed by atoms with Gasteiger partial charge in [0.05, 0.1) is 7.11 Å². The van der Waals surface area contributed by atoms with Gasteiger partial charge in [-0.2, -0.15) is 0 Å². The Balaban J connectivity index is 2.55. The lowest BCUT2D eigenvalue weighted by Crippen LogP contribution is -2.20. The van der Waals surface area contributed by atoms with Crippen LogP contribution in [0.4, 0.5) is 0 Å². The second-order valence-electron chi connectivity index (χ2n) is 4.04. The second kappa shape index (κ2) is 6.92. The van der Waals surface area contributed by atoms with E-state index >= 15 is 0 Å². The highest BCUT2D eigenvalue weighted by Crippen LogP contribution is 2.24. The zero-order valence-electron chi connectivity index (χ0n) is 10.2. The summed E-state index contributed by atoms with van der Waals surface area (Å²) in [6.45, 7) is 2.21. The van der Waals surface area contributed by atoms with Gasteiger partial charge in [0.2, 0.25) is 0 Å². The van der Waals surface area contributed by atoms with Gasteiger partial charge in [-0.15, -0.1) is 0 Å². The summed E-state index contributed by atoms with van der Waals surface area (Å²) in [5.74, 6) is 0.986. The maximum Gasteiger partial charge on any atom is 0.122 e. The molecule has 0 radical (unpaired) electrons. The number of methoxy groups -OCH3 is 1. The minimum absolute atomic E-state index is 0.582. The summed E-state index contributed by atoms with van der Waals surface area (Å²) in [4.78, 5) is 0. The van der Waals surface area contributed by atoms with Crippen molar-refractivity contribution in [1.82, 2.24) is 5.32 Å². The van der Waals surface area contributed by atoms with Crippen LogP contribution in [0.1, 0.15) is 25.3 Å². The van der Waals surface area contributed by atoms with Crippen LogP contribution in [0.25, 0.3) is 0 Å². The quantitative estimate of drug-likeness (QED) is 0.865. The SMILES string of the molecule is CNC(C)CCCc1cc(Br)ccc1OC. The molecule has 0 bridgehead atoms. The normalized spacial score (nSPS) is 12.5. The molecule has 3 heteroatoms. The minimum Gasteiger partial charge on any atom is -0.496 e. The Hall–Kier alpha value is -0.540. The Bertz CT molecular complexity index is 328. The standard InChI is InChI=1S/C13H20BrNO/c1-10(15-2)5-4-6-11-9-12(14)7-8-13(11)16-3/h7-10,15H,4-6H2,1-3H3. The zero-order chi connectivity index (χ0) is 12.0. The first-order chi connectivity index (χ1) is 7.67. The van der Waals surface area contributed by atoms with Crippen LogP contribution in [0.15, 0.2) is 22.7 Å². The van der Waals surface area contributed by atoms with Crippen molar-refractivity contribution in [2.24, 2.45) is 0 Å². The fourth-order valence-corrected chi connectivity index (χ4v) is 2.09. The van der Waals surface area contributed by atoms with Crippen LogP contribution in [0.2, 0.25) is 0 Å². The van der Waals surface area contributed by atoms with Gasteiger partial charge in [0, 0.05) is 10.5 Å². The average molecular weight is 286 g/mol. The van der Waals surface area contributed by atoms with Gasteiger partial charge in [-0.05, 0) is 57.0 Å². The van der Waals surface area contributed by atoms with Crippen LogP contribution < -0.4 is 10.1 Å². The monoisotopic (exact) mass is 285 g/mol. The van der Waals surface area contributed by atoms with Crippen molar-refractivity contribution in [2.45, 2.75) is 32.2 Å². The fraction of sp³-hybridized carbons (Fsp3) is 0.538. The molecule has 1 aromatic carbocycles. The van der Waals surface area contributed by atoms with E-state index in [1.54, 1.807) is 7.11 Å². The predicted octanol–water partition coefficient (Wildman–Crippen LogP) is 3.39. The molecule has 0 aliphatic carbocycles. The number of halogens is 1. The van der Waals surface area contributed by atoms with Crippen LogP contribution >= 0.6 is 15.9 Å². The summed E-state index contributed by atoms with van der Waals surface area (Å²) in [5, 5.41) is 3.25. The molecule has 16 heavy (non-hydrogen) atoms. The Labute approximate surface area is 107 Å². The Kier molecular flexibility index (Phi) is 5.85. The number of rotatable bonds is 6. The molecule has 0 aliphatic heterocycles. The molecule has 0 spiro atoms. The Morgan fingerprint density at radius 2 is 2.19 bits per heavy atom. The Morgan fingerprint density at radius 1 is 1.44 bits per heavy atom. The predicted molar refractivity (Wildman–Crippen MR) is 72.2 cm³/mol. The van der Waals surface area contributed by atoms with Crippen LogP contribution in [0, 0.1) is 0 Å². The minimum atomic E-state index is 0.582. The highest BCUT2D eigenvalue weighted by molar-refractivity contribution is 9.10. The van der Waals surface area contributed by atoms with Crippen molar-refractivity contribution in [3.63, 3.8) is 0 Å². The summed E-state index contributed by atoms with van der Waals surface area (Å²) >= 11 is 3.49. The van der Waals surface area contributed by atoms with E-state index in [2.05, 4.69) is 34.2 Å². The molecular weight excluding hydrogens is 266 g/mol. The van der Waals surface area contributed by atoms with Gasteiger partial charge in [0.25, 0.3) is 0 Å². The fourth-order valence-electron chi connectivity index (χ4n) is 1.69. The number of hydrogen-bond acceptors (Lipinski definition) is 2. The van der Waals surface area contributed by atoms with E-state index in [1.807, 2.05) is 19.2 Å². The number of benzene rings is 1. The maximum absolute atomic E-state index is 5.35. The van der Waals surface area contributed by atoms with Crippen LogP contribution in [0.3, 0.4) is 0 Å². The molecule has 1 aromatic rings. The van der Waals surface area contributed by atoms with Crippen LogP contribution in [0.5, 0.6) is 5.75 Å². The number of aryl methyl sites for hydroxylation is 1. The lowest BCUT2D eigenvalue weighted by atomic mass is 10.0. The van der Waals surface area contributed by atoms with Crippen molar-refractivity contribution >= 4 is 15.9 Å². The lowest BCUT2D eigenvalue weighted by Gasteiger charge is -2.11. The highest BCUT2D eigenvalue weighted by Gasteiger charge is 2.04. The molecule has 0 amide bonds. The highest BCUT2D eigenvalue weighted by atomic mass is 79.9. The van der Waals surface area contributed by atoms with E-state index in [0.29, 0.717) is 6.04 Å². The van der Waals surface area contributed by atoms with Crippen molar-refractivity contribution in [2.75, 3.05) is 14.2 Å². The summed E-state index contributed by atoms with van der Waals surface area (Å²) in [5.41, 5.74) is 1.28. The third-order valence-corrected chi connectivity index (χ3v) is 3.31. The smallest absolute Gasteiger partial charge is 0.122 e. The third-order valence-electron chi connectivity index (χ3n) is 2.82. The van der Waals surface area contributed by atoms with Gasteiger partial charge in [-0.25, -0.2) is 0 Å². The molecule has 2 nitrogen and oxygen atoms in total. The van der Waals surface area contributed by atoms with E-state index in [1.165, 1.54) is 18.4 Å². The molecule has 0 aliphatic rings. The molecule has 1 unspecified atom stereocenters. The van der Waals surface area contributed by atoms with Crippen molar-refractivity contribution in [3.05, 3.63) is 28.2 Å². The van der Waals surface area contributed by atoms with Gasteiger partial charge in [0.1, 0.15) is 5.75 Å². The Morgan fingerprint density at radius 3 is 2.81 bits per heavy atom. The molecule has 0 heterocycles. The van der Waals surface area contributed by atoms with E-state index in [0.717, 1.165) is 16.6 Å². The summed E-state index contributed by atoms with van der Waals surface area (Å²) < 4.78 is 6.46. The first kappa shape index (κ1) is 13.5. The van der Waals surface area contributed by atoms with Crippen LogP contribution in [-0.2, 0) is 6.42 Å². The van der Waals surface area contributed by atoms with E-state index < -0.39 is 0 Å². The van der Waals surface area contributed by atoms with Gasteiger partial charge in [-0.1, -0.05) is 15.9 Å². The molecule has 0 saturated heterocycles. The molecule has 0 fully saturated rings. The third kappa shape index (κ3) is 4.14. The number of nitrogens with one attached hydrogen (secondary N) is 1. The first-order valence-electron chi connectivity index (χ1n) is 5.67. The zero-order valence-corrected chi connectivity index (χ0v) is 11.8. The van der Waals surface area contributed by atoms with E-state index in [-0.39, 0.29) is 0 Å². The van der Waals surface area contributed by atoms with Gasteiger partial charge < -0.3 is 10.1 Å². The van der Waals surface area contributed by atoms with E-state index in [4.69, 9.17) is 4.74 Å². The van der Waals surface area contributed by atoms with Crippen molar-refractivity contribution in [1.29, 1.82) is 0 Å².